The van der Waals surface area contributed by atoms with Gasteiger partial charge in [-0.05, 0) is 31.1 Å². The van der Waals surface area contributed by atoms with Crippen LogP contribution in [0.25, 0.3) is 0 Å². The Kier molecular flexibility index (Phi) is 5.96. The average molecular weight is 240 g/mol. The van der Waals surface area contributed by atoms with Gasteiger partial charge < -0.3 is 10.6 Å². The Morgan fingerprint density at radius 1 is 1.35 bits per heavy atom. The van der Waals surface area contributed by atoms with Gasteiger partial charge in [-0.3, -0.25) is 4.79 Å². The van der Waals surface area contributed by atoms with E-state index < -0.39 is 0 Å². The summed E-state index contributed by atoms with van der Waals surface area (Å²) < 4.78 is 0. The molecule has 1 heterocycles. The predicted octanol–water partition coefficient (Wildman–Crippen LogP) is 2.40. The summed E-state index contributed by atoms with van der Waals surface area (Å²) in [6.45, 7) is 8.48. The van der Waals surface area contributed by atoms with Crippen LogP contribution in [0.3, 0.4) is 0 Å². The van der Waals surface area contributed by atoms with Crippen molar-refractivity contribution in [2.75, 3.05) is 13.1 Å². The van der Waals surface area contributed by atoms with Gasteiger partial charge in [-0.25, -0.2) is 0 Å². The molecule has 0 aromatic rings. The van der Waals surface area contributed by atoms with E-state index in [2.05, 4.69) is 20.8 Å². The number of nitrogens with two attached hydrogens (primary N) is 1. The number of piperidine rings is 1. The molecule has 0 aromatic carbocycles. The predicted molar refractivity (Wildman–Crippen MR) is 71.6 cm³/mol. The Balaban J connectivity index is 2.35. The lowest BCUT2D eigenvalue weighted by molar-refractivity contribution is -0.134. The van der Waals surface area contributed by atoms with Crippen LogP contribution in [-0.2, 0) is 4.79 Å². The Hall–Kier alpha value is -0.570. The van der Waals surface area contributed by atoms with Crippen LogP contribution in [-0.4, -0.2) is 29.9 Å². The first-order chi connectivity index (χ1) is 8.06. The van der Waals surface area contributed by atoms with Crippen LogP contribution in [0, 0.1) is 11.8 Å². The van der Waals surface area contributed by atoms with Crippen LogP contribution in [0.15, 0.2) is 0 Å². The van der Waals surface area contributed by atoms with Crippen LogP contribution >= 0.6 is 0 Å². The van der Waals surface area contributed by atoms with Crippen molar-refractivity contribution < 1.29 is 4.79 Å². The fourth-order valence-electron chi connectivity index (χ4n) is 2.57. The van der Waals surface area contributed by atoms with Gasteiger partial charge in [0.05, 0.1) is 6.04 Å². The van der Waals surface area contributed by atoms with Crippen molar-refractivity contribution in [1.29, 1.82) is 0 Å². The molecule has 0 aromatic heterocycles. The zero-order valence-electron chi connectivity index (χ0n) is 11.6. The van der Waals surface area contributed by atoms with E-state index in [4.69, 9.17) is 5.73 Å². The van der Waals surface area contributed by atoms with Gasteiger partial charge >= 0.3 is 0 Å². The lowest BCUT2D eigenvalue weighted by Gasteiger charge is -2.35. The van der Waals surface area contributed by atoms with Gasteiger partial charge in [-0.1, -0.05) is 33.6 Å². The van der Waals surface area contributed by atoms with Crippen molar-refractivity contribution in [3.63, 3.8) is 0 Å². The van der Waals surface area contributed by atoms with Crippen LogP contribution in [0.2, 0.25) is 0 Å². The van der Waals surface area contributed by atoms with Crippen molar-refractivity contribution in [3.05, 3.63) is 0 Å². The first-order valence-electron chi connectivity index (χ1n) is 7.10. The maximum atomic E-state index is 12.1. The van der Waals surface area contributed by atoms with Crippen molar-refractivity contribution in [2.24, 2.45) is 17.6 Å². The van der Waals surface area contributed by atoms with E-state index in [1.165, 1.54) is 0 Å². The van der Waals surface area contributed by atoms with Crippen molar-refractivity contribution >= 4 is 5.91 Å². The summed E-state index contributed by atoms with van der Waals surface area (Å²) in [4.78, 5) is 14.1. The number of unbranched alkanes of at least 4 members (excludes halogenated alkanes) is 1. The molecule has 0 radical (unpaired) electrons. The SMILES string of the molecule is CCCC[C@H](N)C(=O)N1CCC(C(C)C)CC1. The number of nitrogens with zero attached hydrogens (tertiary/aromatic N) is 1. The quantitative estimate of drug-likeness (QED) is 0.802. The lowest BCUT2D eigenvalue weighted by atomic mass is 9.86. The summed E-state index contributed by atoms with van der Waals surface area (Å²) in [5.41, 5.74) is 5.94. The molecule has 0 saturated carbocycles. The summed E-state index contributed by atoms with van der Waals surface area (Å²) >= 11 is 0. The second kappa shape index (κ2) is 7.00. The molecule has 3 heteroatoms. The van der Waals surface area contributed by atoms with Crippen LogP contribution in [0.1, 0.15) is 52.9 Å². The summed E-state index contributed by atoms with van der Waals surface area (Å²) in [7, 11) is 0. The Labute approximate surface area is 106 Å². The third-order valence-electron chi connectivity index (χ3n) is 3.98. The van der Waals surface area contributed by atoms with E-state index in [9.17, 15) is 4.79 Å². The molecule has 100 valence electrons. The number of carbonyl (C=O) groups excluding carboxylic acids is 1. The second-order valence-electron chi connectivity index (χ2n) is 5.66. The number of carbonyl (C=O) groups is 1. The summed E-state index contributed by atoms with van der Waals surface area (Å²) in [5, 5.41) is 0. The smallest absolute Gasteiger partial charge is 0.239 e. The highest BCUT2D eigenvalue weighted by atomic mass is 16.2. The van der Waals surface area contributed by atoms with E-state index in [1.807, 2.05) is 4.90 Å². The molecule has 3 nitrogen and oxygen atoms in total. The maximum absolute atomic E-state index is 12.1. The number of hydrogen-bond acceptors (Lipinski definition) is 2. The van der Waals surface area contributed by atoms with E-state index in [-0.39, 0.29) is 11.9 Å². The normalized spacial score (nSPS) is 19.7. The van der Waals surface area contributed by atoms with Gasteiger partial charge in [0.15, 0.2) is 0 Å². The molecule has 0 spiro atoms. The molecule has 1 aliphatic rings. The van der Waals surface area contributed by atoms with Gasteiger partial charge in [0, 0.05) is 13.1 Å². The Morgan fingerprint density at radius 3 is 2.41 bits per heavy atom. The molecule has 1 aliphatic heterocycles. The number of likely N-dealkylation sites (tertiary alicyclic amines) is 1. The minimum atomic E-state index is -0.273. The highest BCUT2D eigenvalue weighted by Crippen LogP contribution is 2.24. The molecule has 17 heavy (non-hydrogen) atoms. The van der Waals surface area contributed by atoms with Crippen LogP contribution in [0.5, 0.6) is 0 Å². The van der Waals surface area contributed by atoms with Gasteiger partial charge in [-0.2, -0.15) is 0 Å². The van der Waals surface area contributed by atoms with E-state index >= 15 is 0 Å². The molecular weight excluding hydrogens is 212 g/mol. The molecule has 0 bridgehead atoms. The standard InChI is InChI=1S/C14H28N2O/c1-4-5-6-13(15)14(17)16-9-7-12(8-10-16)11(2)3/h11-13H,4-10,15H2,1-3H3/t13-/m0/s1. The second-order valence-corrected chi connectivity index (χ2v) is 5.66. The first-order valence-corrected chi connectivity index (χ1v) is 7.10. The van der Waals surface area contributed by atoms with Gasteiger partial charge in [-0.15, -0.1) is 0 Å². The minimum absolute atomic E-state index is 0.167. The van der Waals surface area contributed by atoms with Crippen LogP contribution in [0.4, 0.5) is 0 Å². The number of hydrogen-bond donors (Lipinski definition) is 1. The largest absolute Gasteiger partial charge is 0.341 e. The fraction of sp³-hybridized carbons (Fsp3) is 0.929. The molecule has 1 fully saturated rings. The molecule has 0 aliphatic carbocycles. The third kappa shape index (κ3) is 4.30. The highest BCUT2D eigenvalue weighted by Gasteiger charge is 2.26. The summed E-state index contributed by atoms with van der Waals surface area (Å²) in [6.07, 6.45) is 5.28. The monoisotopic (exact) mass is 240 g/mol. The van der Waals surface area contributed by atoms with Crippen LogP contribution < -0.4 is 5.73 Å². The highest BCUT2D eigenvalue weighted by molar-refractivity contribution is 5.81. The molecule has 1 saturated heterocycles. The van der Waals surface area contributed by atoms with Crippen molar-refractivity contribution in [3.8, 4) is 0 Å². The fourth-order valence-corrected chi connectivity index (χ4v) is 2.57. The van der Waals surface area contributed by atoms with Gasteiger partial charge in [0.1, 0.15) is 0 Å². The third-order valence-corrected chi connectivity index (χ3v) is 3.98. The first kappa shape index (κ1) is 14.5. The molecule has 2 N–H and O–H groups in total. The average Bonchev–Trinajstić information content (AvgIpc) is 2.35. The van der Waals surface area contributed by atoms with E-state index in [1.54, 1.807) is 0 Å². The molecule has 0 unspecified atom stereocenters. The molecular formula is C14H28N2O. The molecule has 1 atom stereocenters. The minimum Gasteiger partial charge on any atom is -0.341 e. The van der Waals surface area contributed by atoms with Gasteiger partial charge in [0.2, 0.25) is 5.91 Å². The lowest BCUT2D eigenvalue weighted by Crippen LogP contribution is -2.47. The number of amides is 1. The topological polar surface area (TPSA) is 46.3 Å². The molecule has 1 amide bonds. The Bertz CT molecular complexity index is 232. The van der Waals surface area contributed by atoms with E-state index in [0.717, 1.165) is 57.0 Å². The number of rotatable bonds is 5. The maximum Gasteiger partial charge on any atom is 0.239 e. The van der Waals surface area contributed by atoms with E-state index in [0.29, 0.717) is 0 Å². The zero-order valence-corrected chi connectivity index (χ0v) is 11.6. The van der Waals surface area contributed by atoms with Crippen molar-refractivity contribution in [2.45, 2.75) is 58.9 Å². The summed E-state index contributed by atoms with van der Waals surface area (Å²) in [5.74, 6) is 1.69. The molecule has 1 rings (SSSR count). The Morgan fingerprint density at radius 2 is 1.94 bits per heavy atom. The van der Waals surface area contributed by atoms with Crippen molar-refractivity contribution in [1.82, 2.24) is 4.90 Å². The van der Waals surface area contributed by atoms with Gasteiger partial charge in [0.25, 0.3) is 0 Å². The zero-order chi connectivity index (χ0) is 12.8. The summed E-state index contributed by atoms with van der Waals surface area (Å²) in [6, 6.07) is -0.273.